The SMILES string of the molecule is C[C@@H]1C[C@H]1c1ccc(/C=N\NC(=O)c2ccc(COc3ccccc3)cc2)o1. The predicted octanol–water partition coefficient (Wildman–Crippen LogP) is 4.75. The van der Waals surface area contributed by atoms with Crippen molar-refractivity contribution in [1.29, 1.82) is 0 Å². The standard InChI is InChI=1S/C23H22N2O3/c1-16-13-21(16)22-12-11-20(28-22)14-24-25-23(26)18-9-7-17(8-10-18)15-27-19-5-3-2-4-6-19/h2-12,14,16,21H,13,15H2,1H3,(H,25,26)/b24-14-/t16-,21-/m1/s1. The third kappa shape index (κ3) is 4.49. The highest BCUT2D eigenvalue weighted by molar-refractivity contribution is 5.94. The van der Waals surface area contributed by atoms with Gasteiger partial charge in [-0.25, -0.2) is 5.43 Å². The van der Waals surface area contributed by atoms with Crippen LogP contribution in [0, 0.1) is 5.92 Å². The van der Waals surface area contributed by atoms with Gasteiger partial charge in [-0.2, -0.15) is 5.10 Å². The van der Waals surface area contributed by atoms with E-state index in [9.17, 15) is 4.79 Å². The van der Waals surface area contributed by atoms with Gasteiger partial charge in [0, 0.05) is 11.5 Å². The zero-order valence-corrected chi connectivity index (χ0v) is 15.7. The summed E-state index contributed by atoms with van der Waals surface area (Å²) in [7, 11) is 0. The van der Waals surface area contributed by atoms with E-state index in [1.54, 1.807) is 12.1 Å². The monoisotopic (exact) mass is 374 g/mol. The molecule has 0 aliphatic heterocycles. The first-order valence-electron chi connectivity index (χ1n) is 9.39. The van der Waals surface area contributed by atoms with Crippen LogP contribution in [0.3, 0.4) is 0 Å². The molecule has 1 amide bonds. The summed E-state index contributed by atoms with van der Waals surface area (Å²) in [5.41, 5.74) is 4.05. The highest BCUT2D eigenvalue weighted by Crippen LogP contribution is 2.47. The number of hydrogen-bond acceptors (Lipinski definition) is 4. The average Bonchev–Trinajstić information content (AvgIpc) is 3.27. The van der Waals surface area contributed by atoms with Gasteiger partial charge >= 0.3 is 0 Å². The molecule has 1 fully saturated rings. The van der Waals surface area contributed by atoms with Crippen LogP contribution in [0.25, 0.3) is 0 Å². The normalized spacial score (nSPS) is 18.2. The molecule has 1 heterocycles. The molecule has 0 bridgehead atoms. The van der Waals surface area contributed by atoms with Crippen molar-refractivity contribution >= 4 is 12.1 Å². The predicted molar refractivity (Wildman–Crippen MR) is 108 cm³/mol. The molecule has 1 saturated carbocycles. The smallest absolute Gasteiger partial charge is 0.271 e. The molecule has 1 N–H and O–H groups in total. The lowest BCUT2D eigenvalue weighted by Crippen LogP contribution is -2.17. The molecular weight excluding hydrogens is 352 g/mol. The number of benzene rings is 2. The Hall–Kier alpha value is -3.34. The van der Waals surface area contributed by atoms with E-state index in [0.29, 0.717) is 29.8 Å². The fraction of sp³-hybridized carbons (Fsp3) is 0.217. The second-order valence-corrected chi connectivity index (χ2v) is 7.06. The van der Waals surface area contributed by atoms with Crippen LogP contribution in [-0.2, 0) is 6.61 Å². The van der Waals surface area contributed by atoms with E-state index in [1.807, 2.05) is 54.6 Å². The lowest BCUT2D eigenvalue weighted by molar-refractivity contribution is 0.0955. The Morgan fingerprint density at radius 2 is 1.89 bits per heavy atom. The molecule has 0 radical (unpaired) electrons. The van der Waals surface area contributed by atoms with Gasteiger partial charge in [0.25, 0.3) is 5.91 Å². The molecule has 3 aromatic rings. The second kappa shape index (κ2) is 8.13. The molecule has 5 nitrogen and oxygen atoms in total. The summed E-state index contributed by atoms with van der Waals surface area (Å²) in [5, 5.41) is 3.99. The van der Waals surface area contributed by atoms with Gasteiger partial charge in [-0.1, -0.05) is 37.3 Å². The maximum absolute atomic E-state index is 12.2. The van der Waals surface area contributed by atoms with Crippen molar-refractivity contribution in [3.8, 4) is 5.75 Å². The van der Waals surface area contributed by atoms with Gasteiger partial charge < -0.3 is 9.15 Å². The van der Waals surface area contributed by atoms with E-state index in [4.69, 9.17) is 9.15 Å². The summed E-state index contributed by atoms with van der Waals surface area (Å²) >= 11 is 0. The molecule has 28 heavy (non-hydrogen) atoms. The van der Waals surface area contributed by atoms with Gasteiger partial charge in [-0.05, 0) is 54.3 Å². The summed E-state index contributed by atoms with van der Waals surface area (Å²) in [6, 6.07) is 20.7. The molecule has 2 atom stereocenters. The second-order valence-electron chi connectivity index (χ2n) is 7.06. The van der Waals surface area contributed by atoms with E-state index in [2.05, 4.69) is 17.5 Å². The maximum Gasteiger partial charge on any atom is 0.271 e. The molecule has 142 valence electrons. The van der Waals surface area contributed by atoms with Crippen LogP contribution in [0.5, 0.6) is 5.75 Å². The van der Waals surface area contributed by atoms with Gasteiger partial charge in [-0.15, -0.1) is 0 Å². The van der Waals surface area contributed by atoms with Crippen molar-refractivity contribution < 1.29 is 13.9 Å². The summed E-state index contributed by atoms with van der Waals surface area (Å²) in [4.78, 5) is 12.2. The Morgan fingerprint density at radius 1 is 1.14 bits per heavy atom. The minimum atomic E-state index is -0.269. The summed E-state index contributed by atoms with van der Waals surface area (Å²) in [6.07, 6.45) is 2.70. The van der Waals surface area contributed by atoms with Gasteiger partial charge in [0.15, 0.2) is 0 Å². The number of para-hydroxylation sites is 1. The number of carbonyl (C=O) groups excluding carboxylic acids is 1. The molecule has 5 heteroatoms. The number of rotatable bonds is 7. The Kier molecular flexibility index (Phi) is 5.24. The Morgan fingerprint density at radius 3 is 2.61 bits per heavy atom. The van der Waals surface area contributed by atoms with Gasteiger partial charge in [0.05, 0.1) is 6.21 Å². The van der Waals surface area contributed by atoms with Crippen LogP contribution in [0.2, 0.25) is 0 Å². The molecule has 0 spiro atoms. The molecular formula is C23H22N2O3. The number of hydrazone groups is 1. The van der Waals surface area contributed by atoms with Gasteiger partial charge in [-0.3, -0.25) is 4.79 Å². The fourth-order valence-electron chi connectivity index (χ4n) is 3.01. The molecule has 4 rings (SSSR count). The van der Waals surface area contributed by atoms with E-state index < -0.39 is 0 Å². The Labute approximate surface area is 164 Å². The number of nitrogens with one attached hydrogen (secondary N) is 1. The van der Waals surface area contributed by atoms with E-state index in [-0.39, 0.29) is 5.91 Å². The number of furan rings is 1. The van der Waals surface area contributed by atoms with E-state index >= 15 is 0 Å². The Bertz CT molecular complexity index is 961. The van der Waals surface area contributed by atoms with Crippen molar-refractivity contribution in [2.75, 3.05) is 0 Å². The molecule has 0 unspecified atom stereocenters. The zero-order chi connectivity index (χ0) is 19.3. The fourth-order valence-corrected chi connectivity index (χ4v) is 3.01. The van der Waals surface area contributed by atoms with Crippen LogP contribution >= 0.6 is 0 Å². The van der Waals surface area contributed by atoms with Crippen LogP contribution in [0.1, 0.15) is 46.7 Å². The average molecular weight is 374 g/mol. The maximum atomic E-state index is 12.2. The lowest BCUT2D eigenvalue weighted by Gasteiger charge is -2.06. The van der Waals surface area contributed by atoms with Crippen LogP contribution < -0.4 is 10.2 Å². The van der Waals surface area contributed by atoms with Crippen LogP contribution in [0.4, 0.5) is 0 Å². The molecule has 1 aliphatic carbocycles. The first kappa shape index (κ1) is 18.0. The number of amides is 1. The number of nitrogens with zero attached hydrogens (tertiary/aromatic N) is 1. The van der Waals surface area contributed by atoms with E-state index in [0.717, 1.165) is 17.1 Å². The van der Waals surface area contributed by atoms with Crippen molar-refractivity contribution in [3.63, 3.8) is 0 Å². The molecule has 1 aliphatic rings. The van der Waals surface area contributed by atoms with Crippen molar-refractivity contribution in [2.45, 2.75) is 25.9 Å². The minimum Gasteiger partial charge on any atom is -0.489 e. The first-order valence-corrected chi connectivity index (χ1v) is 9.39. The van der Waals surface area contributed by atoms with Gasteiger partial charge in [0.2, 0.25) is 0 Å². The van der Waals surface area contributed by atoms with Crippen LogP contribution in [-0.4, -0.2) is 12.1 Å². The number of carbonyl (C=O) groups is 1. The lowest BCUT2D eigenvalue weighted by atomic mass is 10.1. The van der Waals surface area contributed by atoms with Crippen LogP contribution in [0.15, 0.2) is 76.2 Å². The topological polar surface area (TPSA) is 63.8 Å². The quantitative estimate of drug-likeness (QED) is 0.480. The number of hydrogen-bond donors (Lipinski definition) is 1. The van der Waals surface area contributed by atoms with Gasteiger partial charge in [0.1, 0.15) is 23.9 Å². The van der Waals surface area contributed by atoms with Crippen molar-refractivity contribution in [1.82, 2.24) is 5.43 Å². The minimum absolute atomic E-state index is 0.269. The summed E-state index contributed by atoms with van der Waals surface area (Å²) in [5.74, 6) is 3.40. The highest BCUT2D eigenvalue weighted by Gasteiger charge is 2.36. The van der Waals surface area contributed by atoms with Crippen molar-refractivity contribution in [3.05, 3.63) is 89.4 Å². The zero-order valence-electron chi connectivity index (χ0n) is 15.7. The summed E-state index contributed by atoms with van der Waals surface area (Å²) in [6.45, 7) is 2.66. The molecule has 0 saturated heterocycles. The third-order valence-corrected chi connectivity index (χ3v) is 4.85. The number of ether oxygens (including phenoxy) is 1. The Balaban J connectivity index is 1.28. The third-order valence-electron chi connectivity index (χ3n) is 4.85. The molecule has 2 aromatic carbocycles. The summed E-state index contributed by atoms with van der Waals surface area (Å²) < 4.78 is 11.4. The molecule has 1 aromatic heterocycles. The largest absolute Gasteiger partial charge is 0.489 e. The highest BCUT2D eigenvalue weighted by atomic mass is 16.5. The first-order chi connectivity index (χ1) is 13.7. The van der Waals surface area contributed by atoms with Crippen molar-refractivity contribution in [2.24, 2.45) is 11.0 Å². The van der Waals surface area contributed by atoms with E-state index in [1.165, 1.54) is 12.6 Å².